The number of carbonyl (C=O) groups excluding carboxylic acids is 1. The van der Waals surface area contributed by atoms with Crippen molar-refractivity contribution in [2.24, 2.45) is 0 Å². The molecular weight excluding hydrogens is 262 g/mol. The molecule has 2 rings (SSSR count). The molecule has 4 nitrogen and oxygen atoms in total. The topological polar surface area (TPSA) is 48.4 Å². The Labute approximate surface area is 116 Å². The van der Waals surface area contributed by atoms with Crippen LogP contribution in [0.3, 0.4) is 0 Å². The average molecular weight is 277 g/mol. The third kappa shape index (κ3) is 3.32. The average Bonchev–Trinajstić information content (AvgIpc) is 2.83. The zero-order valence-electron chi connectivity index (χ0n) is 10.9. The van der Waals surface area contributed by atoms with Gasteiger partial charge in [0.15, 0.2) is 17.8 Å². The van der Waals surface area contributed by atoms with E-state index in [1.807, 2.05) is 19.2 Å². The van der Waals surface area contributed by atoms with Crippen LogP contribution in [0.15, 0.2) is 23.6 Å². The molecular formula is C14H15NO3S. The van der Waals surface area contributed by atoms with Gasteiger partial charge in [-0.1, -0.05) is 6.07 Å². The van der Waals surface area contributed by atoms with Crippen LogP contribution in [0, 0.1) is 6.92 Å². The molecule has 1 aromatic carbocycles. The van der Waals surface area contributed by atoms with E-state index in [0.717, 1.165) is 17.0 Å². The summed E-state index contributed by atoms with van der Waals surface area (Å²) in [6.45, 7) is 4.68. The number of ether oxygens (including phenoxy) is 2. The number of aldehydes is 1. The molecule has 5 heteroatoms. The summed E-state index contributed by atoms with van der Waals surface area (Å²) in [6, 6.07) is 5.27. The maximum atomic E-state index is 11.1. The Balaban J connectivity index is 2.19. The second kappa shape index (κ2) is 6.33. The Morgan fingerprint density at radius 3 is 2.84 bits per heavy atom. The highest BCUT2D eigenvalue weighted by atomic mass is 32.1. The molecule has 0 aliphatic heterocycles. The van der Waals surface area contributed by atoms with E-state index in [4.69, 9.17) is 9.47 Å². The van der Waals surface area contributed by atoms with Crippen molar-refractivity contribution in [2.75, 3.05) is 6.61 Å². The minimum absolute atomic E-state index is 0.329. The Morgan fingerprint density at radius 2 is 2.21 bits per heavy atom. The van der Waals surface area contributed by atoms with E-state index in [9.17, 15) is 4.79 Å². The maximum absolute atomic E-state index is 11.1. The first-order valence-corrected chi connectivity index (χ1v) is 6.87. The summed E-state index contributed by atoms with van der Waals surface area (Å²) in [5.41, 5.74) is 1.34. The monoisotopic (exact) mass is 277 g/mol. The number of aromatic nitrogens is 1. The Hall–Kier alpha value is -1.88. The normalized spacial score (nSPS) is 10.2. The van der Waals surface area contributed by atoms with E-state index in [2.05, 4.69) is 4.98 Å². The summed E-state index contributed by atoms with van der Waals surface area (Å²) in [4.78, 5) is 15.4. The van der Waals surface area contributed by atoms with Gasteiger partial charge < -0.3 is 9.47 Å². The number of thiazole rings is 1. The molecule has 0 amide bonds. The number of para-hydroxylation sites is 1. The minimum atomic E-state index is 0.329. The molecule has 0 bridgehead atoms. The lowest BCUT2D eigenvalue weighted by atomic mass is 10.2. The summed E-state index contributed by atoms with van der Waals surface area (Å²) < 4.78 is 11.2. The van der Waals surface area contributed by atoms with Gasteiger partial charge in [0.25, 0.3) is 0 Å². The molecule has 1 heterocycles. The van der Waals surface area contributed by atoms with Crippen molar-refractivity contribution < 1.29 is 14.3 Å². The van der Waals surface area contributed by atoms with Gasteiger partial charge in [-0.25, -0.2) is 4.98 Å². The highest BCUT2D eigenvalue weighted by Gasteiger charge is 2.11. The summed E-state index contributed by atoms with van der Waals surface area (Å²) in [6.07, 6.45) is 0.768. The molecule has 0 unspecified atom stereocenters. The fourth-order valence-corrected chi connectivity index (χ4v) is 2.27. The third-order valence-electron chi connectivity index (χ3n) is 2.47. The van der Waals surface area contributed by atoms with Gasteiger partial charge in [0.2, 0.25) is 0 Å². The van der Waals surface area contributed by atoms with Gasteiger partial charge in [0.1, 0.15) is 6.61 Å². The molecule has 0 saturated carbocycles. The van der Waals surface area contributed by atoms with E-state index in [1.165, 1.54) is 0 Å². The molecule has 19 heavy (non-hydrogen) atoms. The summed E-state index contributed by atoms with van der Waals surface area (Å²) in [7, 11) is 0. The van der Waals surface area contributed by atoms with Gasteiger partial charge in [-0.05, 0) is 26.0 Å². The van der Waals surface area contributed by atoms with E-state index < -0.39 is 0 Å². The predicted molar refractivity (Wildman–Crippen MR) is 74.2 cm³/mol. The van der Waals surface area contributed by atoms with E-state index in [1.54, 1.807) is 29.5 Å². The molecule has 0 spiro atoms. The lowest BCUT2D eigenvalue weighted by Gasteiger charge is -2.12. The second-order valence-electron chi connectivity index (χ2n) is 3.87. The molecule has 2 aromatic rings. The zero-order chi connectivity index (χ0) is 13.7. The largest absolute Gasteiger partial charge is 0.490 e. The number of hydrogen-bond donors (Lipinski definition) is 0. The fourth-order valence-electron chi connectivity index (χ4n) is 1.67. The van der Waals surface area contributed by atoms with Gasteiger partial charge in [0.05, 0.1) is 22.9 Å². The minimum Gasteiger partial charge on any atom is -0.490 e. The van der Waals surface area contributed by atoms with Crippen LogP contribution in [-0.4, -0.2) is 17.9 Å². The van der Waals surface area contributed by atoms with Crippen LogP contribution in [-0.2, 0) is 6.61 Å². The molecule has 0 atom stereocenters. The Kier molecular flexibility index (Phi) is 4.52. The number of rotatable bonds is 6. The van der Waals surface area contributed by atoms with E-state index in [0.29, 0.717) is 30.3 Å². The van der Waals surface area contributed by atoms with Crippen LogP contribution >= 0.6 is 11.3 Å². The number of aryl methyl sites for hydroxylation is 1. The van der Waals surface area contributed by atoms with Crippen LogP contribution in [0.1, 0.15) is 28.0 Å². The summed E-state index contributed by atoms with van der Waals surface area (Å²) in [5.74, 6) is 1.06. The van der Waals surface area contributed by atoms with E-state index in [-0.39, 0.29) is 0 Å². The third-order valence-corrected chi connectivity index (χ3v) is 3.29. The molecule has 0 aliphatic carbocycles. The molecule has 0 radical (unpaired) electrons. The summed E-state index contributed by atoms with van der Waals surface area (Å²) >= 11 is 1.57. The van der Waals surface area contributed by atoms with Crippen LogP contribution in [0.25, 0.3) is 0 Å². The van der Waals surface area contributed by atoms with Crippen molar-refractivity contribution >= 4 is 17.6 Å². The molecule has 100 valence electrons. The lowest BCUT2D eigenvalue weighted by molar-refractivity contribution is 0.111. The van der Waals surface area contributed by atoms with Crippen LogP contribution in [0.2, 0.25) is 0 Å². The van der Waals surface area contributed by atoms with Gasteiger partial charge in [-0.3, -0.25) is 4.79 Å². The molecule has 0 N–H and O–H groups in total. The second-order valence-corrected chi connectivity index (χ2v) is 4.93. The number of carbonyl (C=O) groups is 1. The van der Waals surface area contributed by atoms with Crippen molar-refractivity contribution in [3.63, 3.8) is 0 Å². The first kappa shape index (κ1) is 13.5. The van der Waals surface area contributed by atoms with E-state index >= 15 is 0 Å². The van der Waals surface area contributed by atoms with Gasteiger partial charge in [-0.15, -0.1) is 11.3 Å². The van der Waals surface area contributed by atoms with Crippen molar-refractivity contribution in [3.05, 3.63) is 39.8 Å². The Bertz CT molecular complexity index is 566. The first-order valence-electron chi connectivity index (χ1n) is 5.99. The molecule has 1 aromatic heterocycles. The standard InChI is InChI=1S/C14H15NO3S/c1-3-17-13-6-4-5-11(7-16)14(13)18-8-12-9-19-10(2)15-12/h4-7,9H,3,8H2,1-2H3. The number of nitrogens with zero attached hydrogens (tertiary/aromatic N) is 1. The van der Waals surface area contributed by atoms with Crippen LogP contribution in [0.5, 0.6) is 11.5 Å². The van der Waals surface area contributed by atoms with Gasteiger partial charge in [0, 0.05) is 5.38 Å². The zero-order valence-corrected chi connectivity index (χ0v) is 11.7. The Morgan fingerprint density at radius 1 is 1.37 bits per heavy atom. The fraction of sp³-hybridized carbons (Fsp3) is 0.286. The van der Waals surface area contributed by atoms with Crippen LogP contribution < -0.4 is 9.47 Å². The highest BCUT2D eigenvalue weighted by molar-refractivity contribution is 7.09. The van der Waals surface area contributed by atoms with Crippen molar-refractivity contribution in [1.82, 2.24) is 4.98 Å². The first-order chi connectivity index (χ1) is 9.24. The lowest BCUT2D eigenvalue weighted by Crippen LogP contribution is -2.02. The summed E-state index contributed by atoms with van der Waals surface area (Å²) in [5, 5.41) is 2.94. The molecule has 0 saturated heterocycles. The smallest absolute Gasteiger partial charge is 0.172 e. The van der Waals surface area contributed by atoms with Gasteiger partial charge >= 0.3 is 0 Å². The maximum Gasteiger partial charge on any atom is 0.172 e. The van der Waals surface area contributed by atoms with Crippen molar-refractivity contribution in [3.8, 4) is 11.5 Å². The number of hydrogen-bond acceptors (Lipinski definition) is 5. The highest BCUT2D eigenvalue weighted by Crippen LogP contribution is 2.31. The molecule has 0 fully saturated rings. The quantitative estimate of drug-likeness (QED) is 0.760. The van der Waals surface area contributed by atoms with Crippen LogP contribution in [0.4, 0.5) is 0 Å². The SMILES string of the molecule is CCOc1cccc(C=O)c1OCc1csc(C)n1. The molecule has 0 aliphatic rings. The van der Waals surface area contributed by atoms with Crippen molar-refractivity contribution in [2.45, 2.75) is 20.5 Å². The van der Waals surface area contributed by atoms with Gasteiger partial charge in [-0.2, -0.15) is 0 Å². The number of benzene rings is 1. The predicted octanol–water partition coefficient (Wildman–Crippen LogP) is 3.24. The van der Waals surface area contributed by atoms with Crippen molar-refractivity contribution in [1.29, 1.82) is 0 Å².